The average Bonchev–Trinajstić information content (AvgIpc) is 2.79. The van der Waals surface area contributed by atoms with Crippen LogP contribution in [0.4, 0.5) is 20.2 Å². The first-order valence-electron chi connectivity index (χ1n) is 10.6. The SMILES string of the molecule is CNC(=O)c1ccc(N2CCN(Cc3ccc4c(c3)NC(O)C(CC(F)F)O4)CC2)cn1. The number of amides is 1. The van der Waals surface area contributed by atoms with Gasteiger partial charge in [0.25, 0.3) is 5.91 Å². The number of hydrogen-bond donors (Lipinski definition) is 3. The number of ether oxygens (including phenoxy) is 1. The molecular formula is C22H27F2N5O3. The van der Waals surface area contributed by atoms with E-state index in [0.29, 0.717) is 17.1 Å². The summed E-state index contributed by atoms with van der Waals surface area (Å²) in [5.74, 6) is 0.269. The predicted molar refractivity (Wildman–Crippen MR) is 116 cm³/mol. The lowest BCUT2D eigenvalue weighted by molar-refractivity contribution is -0.0000976. The number of aromatic nitrogens is 1. The van der Waals surface area contributed by atoms with E-state index in [-0.39, 0.29) is 5.91 Å². The van der Waals surface area contributed by atoms with Gasteiger partial charge in [0.1, 0.15) is 17.5 Å². The van der Waals surface area contributed by atoms with Crippen LogP contribution < -0.4 is 20.3 Å². The molecule has 3 N–H and O–H groups in total. The zero-order chi connectivity index (χ0) is 22.7. The minimum atomic E-state index is -2.54. The van der Waals surface area contributed by atoms with Gasteiger partial charge in [-0.1, -0.05) is 6.07 Å². The van der Waals surface area contributed by atoms with Gasteiger partial charge < -0.3 is 25.4 Å². The molecule has 10 heteroatoms. The molecule has 0 saturated carbocycles. The van der Waals surface area contributed by atoms with Crippen LogP contribution in [0.1, 0.15) is 22.5 Å². The minimum absolute atomic E-state index is 0.205. The molecule has 1 aromatic heterocycles. The van der Waals surface area contributed by atoms with Crippen LogP contribution in [-0.4, -0.2) is 72.9 Å². The normalized spacial score (nSPS) is 21.0. The van der Waals surface area contributed by atoms with Gasteiger partial charge in [-0.15, -0.1) is 0 Å². The van der Waals surface area contributed by atoms with Crippen molar-refractivity contribution >= 4 is 17.3 Å². The fourth-order valence-corrected chi connectivity index (χ4v) is 3.98. The van der Waals surface area contributed by atoms with Crippen molar-refractivity contribution < 1.29 is 23.4 Å². The molecule has 1 amide bonds. The fraction of sp³-hybridized carbons (Fsp3) is 0.455. The highest BCUT2D eigenvalue weighted by atomic mass is 19.3. The van der Waals surface area contributed by atoms with Crippen LogP contribution in [0.15, 0.2) is 36.5 Å². The highest BCUT2D eigenvalue weighted by Gasteiger charge is 2.30. The molecule has 0 radical (unpaired) electrons. The first kappa shape index (κ1) is 22.2. The van der Waals surface area contributed by atoms with E-state index in [1.54, 1.807) is 25.4 Å². The Hall–Kier alpha value is -2.98. The summed E-state index contributed by atoms with van der Waals surface area (Å²) in [6.45, 7) is 4.12. The van der Waals surface area contributed by atoms with Crippen LogP contribution in [0.2, 0.25) is 0 Å². The number of nitrogens with one attached hydrogen (secondary N) is 2. The van der Waals surface area contributed by atoms with E-state index < -0.39 is 25.2 Å². The standard InChI is InChI=1S/C22H27F2N5O3/c1-25-21(30)16-4-3-15(12-26-16)29-8-6-28(7-9-29)13-14-2-5-18-17(10-14)27-22(31)19(32-18)11-20(23)24/h2-5,10,12,19-20,22,27,31H,6-9,11,13H2,1H3,(H,25,30). The number of aliphatic hydroxyl groups excluding tert-OH is 1. The Morgan fingerprint density at radius 3 is 2.72 bits per heavy atom. The number of benzene rings is 1. The summed E-state index contributed by atoms with van der Waals surface area (Å²) in [7, 11) is 1.58. The molecule has 2 unspecified atom stereocenters. The van der Waals surface area contributed by atoms with Crippen LogP contribution in [-0.2, 0) is 6.54 Å². The summed E-state index contributed by atoms with van der Waals surface area (Å²) in [4.78, 5) is 20.4. The van der Waals surface area contributed by atoms with Gasteiger partial charge in [0.2, 0.25) is 6.43 Å². The molecule has 2 aliphatic heterocycles. The lowest BCUT2D eigenvalue weighted by Crippen LogP contribution is -2.46. The van der Waals surface area contributed by atoms with Crippen molar-refractivity contribution in [3.8, 4) is 5.75 Å². The molecule has 0 spiro atoms. The predicted octanol–water partition coefficient (Wildman–Crippen LogP) is 1.91. The van der Waals surface area contributed by atoms with Crippen molar-refractivity contribution in [3.05, 3.63) is 47.8 Å². The number of carbonyl (C=O) groups excluding carboxylic acids is 1. The average molecular weight is 447 g/mol. The van der Waals surface area contributed by atoms with Crippen molar-refractivity contribution in [1.29, 1.82) is 0 Å². The fourth-order valence-electron chi connectivity index (χ4n) is 3.98. The molecule has 32 heavy (non-hydrogen) atoms. The van der Waals surface area contributed by atoms with Gasteiger partial charge in [-0.2, -0.15) is 0 Å². The molecule has 3 heterocycles. The third kappa shape index (κ3) is 5.08. The minimum Gasteiger partial charge on any atom is -0.483 e. The second kappa shape index (κ2) is 9.66. The summed E-state index contributed by atoms with van der Waals surface area (Å²) >= 11 is 0. The first-order valence-corrected chi connectivity index (χ1v) is 10.6. The van der Waals surface area contributed by atoms with E-state index in [1.807, 2.05) is 18.2 Å². The van der Waals surface area contributed by atoms with Gasteiger partial charge in [0, 0.05) is 46.2 Å². The number of piperazine rings is 1. The zero-order valence-corrected chi connectivity index (χ0v) is 17.8. The summed E-state index contributed by atoms with van der Waals surface area (Å²) in [5, 5.41) is 15.5. The molecular weight excluding hydrogens is 420 g/mol. The molecule has 1 saturated heterocycles. The second-order valence-corrected chi connectivity index (χ2v) is 7.95. The lowest BCUT2D eigenvalue weighted by atomic mass is 10.1. The number of pyridine rings is 1. The van der Waals surface area contributed by atoms with Gasteiger partial charge in [-0.3, -0.25) is 9.69 Å². The molecule has 1 fully saturated rings. The third-order valence-corrected chi connectivity index (χ3v) is 5.74. The van der Waals surface area contributed by atoms with E-state index >= 15 is 0 Å². The molecule has 0 aliphatic carbocycles. The van der Waals surface area contributed by atoms with Gasteiger partial charge >= 0.3 is 0 Å². The lowest BCUT2D eigenvalue weighted by Gasteiger charge is -2.36. The maximum atomic E-state index is 12.6. The Labute approximate surface area is 185 Å². The van der Waals surface area contributed by atoms with Crippen LogP contribution in [0.25, 0.3) is 0 Å². The Kier molecular flexibility index (Phi) is 6.71. The topological polar surface area (TPSA) is 90.0 Å². The number of rotatable bonds is 6. The van der Waals surface area contributed by atoms with E-state index in [0.717, 1.165) is 44.0 Å². The third-order valence-electron chi connectivity index (χ3n) is 5.74. The molecule has 172 valence electrons. The van der Waals surface area contributed by atoms with Crippen molar-refractivity contribution in [1.82, 2.24) is 15.2 Å². The number of fused-ring (bicyclic) bond motifs is 1. The Morgan fingerprint density at radius 2 is 2.06 bits per heavy atom. The second-order valence-electron chi connectivity index (χ2n) is 7.95. The van der Waals surface area contributed by atoms with E-state index in [1.165, 1.54) is 0 Å². The zero-order valence-electron chi connectivity index (χ0n) is 17.8. The van der Waals surface area contributed by atoms with Crippen molar-refractivity contribution in [2.45, 2.75) is 31.7 Å². The smallest absolute Gasteiger partial charge is 0.269 e. The largest absolute Gasteiger partial charge is 0.483 e. The Bertz CT molecular complexity index is 936. The molecule has 2 aliphatic rings. The van der Waals surface area contributed by atoms with Crippen LogP contribution in [0.5, 0.6) is 5.75 Å². The molecule has 4 rings (SSSR count). The van der Waals surface area contributed by atoms with E-state index in [9.17, 15) is 18.7 Å². The summed E-state index contributed by atoms with van der Waals surface area (Å²) in [6, 6.07) is 9.21. The Morgan fingerprint density at radius 1 is 1.28 bits per heavy atom. The number of anilines is 2. The molecule has 0 bridgehead atoms. The maximum Gasteiger partial charge on any atom is 0.269 e. The van der Waals surface area contributed by atoms with Crippen molar-refractivity contribution in [3.63, 3.8) is 0 Å². The number of halogens is 2. The van der Waals surface area contributed by atoms with Crippen molar-refractivity contribution in [2.75, 3.05) is 43.4 Å². The summed E-state index contributed by atoms with van der Waals surface area (Å²) in [5.41, 5.74) is 3.04. The Balaban J connectivity index is 1.32. The highest BCUT2D eigenvalue weighted by molar-refractivity contribution is 5.92. The number of carbonyl (C=O) groups is 1. The van der Waals surface area contributed by atoms with E-state index in [4.69, 9.17) is 4.74 Å². The van der Waals surface area contributed by atoms with Gasteiger partial charge in [0.05, 0.1) is 17.6 Å². The summed E-state index contributed by atoms with van der Waals surface area (Å²) in [6.07, 6.45) is -3.48. The highest BCUT2D eigenvalue weighted by Crippen LogP contribution is 2.33. The monoisotopic (exact) mass is 447 g/mol. The molecule has 2 aromatic rings. The van der Waals surface area contributed by atoms with Crippen LogP contribution >= 0.6 is 0 Å². The van der Waals surface area contributed by atoms with E-state index in [2.05, 4.69) is 25.4 Å². The maximum absolute atomic E-state index is 12.6. The first-order chi connectivity index (χ1) is 15.4. The number of aliphatic hydroxyl groups is 1. The number of hydrogen-bond acceptors (Lipinski definition) is 7. The molecule has 2 atom stereocenters. The van der Waals surface area contributed by atoms with Gasteiger partial charge in [-0.25, -0.2) is 13.8 Å². The van der Waals surface area contributed by atoms with Crippen LogP contribution in [0, 0.1) is 0 Å². The summed E-state index contributed by atoms with van der Waals surface area (Å²) < 4.78 is 30.8. The van der Waals surface area contributed by atoms with Crippen molar-refractivity contribution in [2.24, 2.45) is 0 Å². The molecule has 8 nitrogen and oxygen atoms in total. The van der Waals surface area contributed by atoms with Crippen LogP contribution in [0.3, 0.4) is 0 Å². The molecule has 1 aromatic carbocycles. The number of alkyl halides is 2. The van der Waals surface area contributed by atoms with Gasteiger partial charge in [0.15, 0.2) is 6.23 Å². The van der Waals surface area contributed by atoms with Gasteiger partial charge in [-0.05, 0) is 29.8 Å². The quantitative estimate of drug-likeness (QED) is 0.623. The number of nitrogens with zero attached hydrogens (tertiary/aromatic N) is 3.